The molecule has 134 valence electrons. The van der Waals surface area contributed by atoms with Gasteiger partial charge in [0.05, 0.1) is 11.1 Å². The lowest BCUT2D eigenvalue weighted by Crippen LogP contribution is -2.30. The number of unbranched alkanes of at least 4 members (excludes halogenated alkanes) is 2. The topological polar surface area (TPSA) is 66.5 Å². The number of carbonyl (C=O) groups excluding carboxylic acids is 3. The van der Waals surface area contributed by atoms with E-state index in [4.69, 9.17) is 0 Å². The molecule has 2 aromatic rings. The second-order valence-corrected chi connectivity index (χ2v) is 6.54. The van der Waals surface area contributed by atoms with Gasteiger partial charge in [-0.1, -0.05) is 30.7 Å². The number of amides is 3. The molecule has 0 saturated heterocycles. The first-order valence-corrected chi connectivity index (χ1v) is 8.88. The fraction of sp³-hybridized carbons (Fsp3) is 0.286. The van der Waals surface area contributed by atoms with E-state index in [0.717, 1.165) is 24.1 Å². The molecular weight excluding hydrogens is 328 g/mol. The zero-order valence-corrected chi connectivity index (χ0v) is 14.8. The number of anilines is 1. The van der Waals surface area contributed by atoms with Crippen LogP contribution < -0.4 is 5.32 Å². The summed E-state index contributed by atoms with van der Waals surface area (Å²) in [6.07, 6.45) is 2.63. The van der Waals surface area contributed by atoms with E-state index < -0.39 is 0 Å². The lowest BCUT2D eigenvalue weighted by Gasteiger charge is -2.13. The molecule has 1 aliphatic heterocycles. The number of aryl methyl sites for hydroxylation is 1. The molecule has 0 saturated carbocycles. The minimum Gasteiger partial charge on any atom is -0.326 e. The molecule has 1 aliphatic rings. The third-order valence-corrected chi connectivity index (χ3v) is 4.47. The minimum absolute atomic E-state index is 0.0173. The summed E-state index contributed by atoms with van der Waals surface area (Å²) in [5.41, 5.74) is 2.87. The number of nitrogens with zero attached hydrogens (tertiary/aromatic N) is 1. The third kappa shape index (κ3) is 3.99. The number of carbonyl (C=O) groups is 3. The Balaban J connectivity index is 1.39. The number of benzene rings is 2. The summed E-state index contributed by atoms with van der Waals surface area (Å²) in [6.45, 7) is 2.38. The molecule has 0 aliphatic carbocycles. The summed E-state index contributed by atoms with van der Waals surface area (Å²) < 4.78 is 0. The lowest BCUT2D eigenvalue weighted by atomic mass is 10.1. The van der Waals surface area contributed by atoms with Crippen LogP contribution in [0.15, 0.2) is 48.5 Å². The second kappa shape index (κ2) is 7.95. The van der Waals surface area contributed by atoms with Gasteiger partial charge in [0.25, 0.3) is 11.8 Å². The highest BCUT2D eigenvalue weighted by Gasteiger charge is 2.34. The van der Waals surface area contributed by atoms with Crippen molar-refractivity contribution in [2.75, 3.05) is 11.9 Å². The highest BCUT2D eigenvalue weighted by molar-refractivity contribution is 6.21. The van der Waals surface area contributed by atoms with Crippen molar-refractivity contribution in [2.24, 2.45) is 0 Å². The van der Waals surface area contributed by atoms with E-state index in [1.807, 2.05) is 31.2 Å². The molecular formula is C21H22N2O3. The van der Waals surface area contributed by atoms with E-state index in [-0.39, 0.29) is 17.7 Å². The van der Waals surface area contributed by atoms with E-state index in [1.165, 1.54) is 4.90 Å². The zero-order chi connectivity index (χ0) is 18.5. The number of imide groups is 1. The first-order chi connectivity index (χ1) is 12.6. The molecule has 0 aromatic heterocycles. The molecule has 1 heterocycles. The molecule has 0 radical (unpaired) electrons. The van der Waals surface area contributed by atoms with Crippen LogP contribution in [0.1, 0.15) is 52.0 Å². The number of hydrogen-bond acceptors (Lipinski definition) is 3. The van der Waals surface area contributed by atoms with E-state index >= 15 is 0 Å². The van der Waals surface area contributed by atoms with Crippen LogP contribution >= 0.6 is 0 Å². The van der Waals surface area contributed by atoms with Gasteiger partial charge in [-0.2, -0.15) is 0 Å². The molecule has 0 bridgehead atoms. The average molecular weight is 350 g/mol. The molecule has 3 rings (SSSR count). The van der Waals surface area contributed by atoms with Crippen LogP contribution in [0.4, 0.5) is 5.69 Å². The molecule has 5 heteroatoms. The van der Waals surface area contributed by atoms with Gasteiger partial charge in [0.2, 0.25) is 5.91 Å². The van der Waals surface area contributed by atoms with Crippen molar-refractivity contribution in [3.63, 3.8) is 0 Å². The van der Waals surface area contributed by atoms with Gasteiger partial charge in [0.1, 0.15) is 0 Å². The van der Waals surface area contributed by atoms with Crippen molar-refractivity contribution in [3.05, 3.63) is 65.2 Å². The van der Waals surface area contributed by atoms with Gasteiger partial charge in [0.15, 0.2) is 0 Å². The molecule has 0 unspecified atom stereocenters. The monoisotopic (exact) mass is 350 g/mol. The summed E-state index contributed by atoms with van der Waals surface area (Å²) in [7, 11) is 0. The van der Waals surface area contributed by atoms with Crippen LogP contribution in [0, 0.1) is 6.92 Å². The van der Waals surface area contributed by atoms with Gasteiger partial charge in [-0.15, -0.1) is 0 Å². The number of hydrogen-bond donors (Lipinski definition) is 1. The highest BCUT2D eigenvalue weighted by atomic mass is 16.2. The quantitative estimate of drug-likeness (QED) is 0.610. The third-order valence-electron chi connectivity index (χ3n) is 4.47. The molecule has 3 amide bonds. The van der Waals surface area contributed by atoms with Gasteiger partial charge in [-0.05, 0) is 49.6 Å². The van der Waals surface area contributed by atoms with E-state index in [1.54, 1.807) is 24.3 Å². The first-order valence-electron chi connectivity index (χ1n) is 8.88. The maximum atomic E-state index is 12.3. The number of fused-ring (bicyclic) bond motifs is 1. The SMILES string of the molecule is Cc1cccc(NC(=O)CCCCCN2C(=O)c3ccccc3C2=O)c1. The van der Waals surface area contributed by atoms with Crippen molar-refractivity contribution in [2.45, 2.75) is 32.6 Å². The minimum atomic E-state index is -0.220. The Hall–Kier alpha value is -2.95. The summed E-state index contributed by atoms with van der Waals surface area (Å²) in [6, 6.07) is 14.6. The Morgan fingerprint density at radius 3 is 2.27 bits per heavy atom. The van der Waals surface area contributed by atoms with E-state index in [2.05, 4.69) is 5.32 Å². The predicted molar refractivity (Wildman–Crippen MR) is 100 cm³/mol. The zero-order valence-electron chi connectivity index (χ0n) is 14.8. The summed E-state index contributed by atoms with van der Waals surface area (Å²) >= 11 is 0. The molecule has 0 fully saturated rings. The largest absolute Gasteiger partial charge is 0.326 e. The summed E-state index contributed by atoms with van der Waals surface area (Å²) in [4.78, 5) is 37.8. The Bertz CT molecular complexity index is 810. The van der Waals surface area contributed by atoms with Crippen molar-refractivity contribution < 1.29 is 14.4 Å². The molecule has 26 heavy (non-hydrogen) atoms. The van der Waals surface area contributed by atoms with Crippen LogP contribution in [0.5, 0.6) is 0 Å². The van der Waals surface area contributed by atoms with Crippen LogP contribution in [0.3, 0.4) is 0 Å². The Morgan fingerprint density at radius 2 is 1.62 bits per heavy atom. The maximum absolute atomic E-state index is 12.3. The van der Waals surface area contributed by atoms with Crippen molar-refractivity contribution in [1.29, 1.82) is 0 Å². The van der Waals surface area contributed by atoms with Crippen LogP contribution in [0.25, 0.3) is 0 Å². The standard InChI is InChI=1S/C21H22N2O3/c1-15-8-7-9-16(14-15)22-19(24)12-3-2-6-13-23-20(25)17-10-4-5-11-18(17)21(23)26/h4-5,7-11,14H,2-3,6,12-13H2,1H3,(H,22,24). The molecule has 5 nitrogen and oxygen atoms in total. The maximum Gasteiger partial charge on any atom is 0.261 e. The molecule has 1 N–H and O–H groups in total. The van der Waals surface area contributed by atoms with Gasteiger partial charge >= 0.3 is 0 Å². The van der Waals surface area contributed by atoms with Crippen molar-refractivity contribution >= 4 is 23.4 Å². The average Bonchev–Trinajstić information content (AvgIpc) is 2.86. The Labute approximate surface area is 153 Å². The Morgan fingerprint density at radius 1 is 0.923 bits per heavy atom. The number of rotatable bonds is 7. The molecule has 2 aromatic carbocycles. The number of nitrogens with one attached hydrogen (secondary N) is 1. The second-order valence-electron chi connectivity index (χ2n) is 6.54. The molecule has 0 spiro atoms. The lowest BCUT2D eigenvalue weighted by molar-refractivity contribution is -0.116. The fourth-order valence-corrected chi connectivity index (χ4v) is 3.12. The van der Waals surface area contributed by atoms with Crippen LogP contribution in [0.2, 0.25) is 0 Å². The summed E-state index contributed by atoms with van der Waals surface area (Å²) in [5, 5.41) is 2.88. The van der Waals surface area contributed by atoms with Crippen LogP contribution in [-0.4, -0.2) is 29.2 Å². The fourth-order valence-electron chi connectivity index (χ4n) is 3.12. The van der Waals surface area contributed by atoms with Gasteiger partial charge in [-0.25, -0.2) is 0 Å². The predicted octanol–water partition coefficient (Wildman–Crippen LogP) is 3.79. The Kier molecular flexibility index (Phi) is 5.46. The van der Waals surface area contributed by atoms with Gasteiger partial charge < -0.3 is 5.32 Å². The molecule has 0 atom stereocenters. The summed E-state index contributed by atoms with van der Waals surface area (Å²) in [5.74, 6) is -0.457. The van der Waals surface area contributed by atoms with Crippen LogP contribution in [-0.2, 0) is 4.79 Å². The van der Waals surface area contributed by atoms with Gasteiger partial charge in [-0.3, -0.25) is 19.3 Å². The van der Waals surface area contributed by atoms with Crippen molar-refractivity contribution in [3.8, 4) is 0 Å². The highest BCUT2D eigenvalue weighted by Crippen LogP contribution is 2.22. The first kappa shape index (κ1) is 17.9. The van der Waals surface area contributed by atoms with Crippen molar-refractivity contribution in [1.82, 2.24) is 4.90 Å². The van der Waals surface area contributed by atoms with E-state index in [9.17, 15) is 14.4 Å². The smallest absolute Gasteiger partial charge is 0.261 e. The normalized spacial score (nSPS) is 13.0. The van der Waals surface area contributed by atoms with Gasteiger partial charge in [0, 0.05) is 18.7 Å². The van der Waals surface area contributed by atoms with E-state index in [0.29, 0.717) is 30.5 Å².